The van der Waals surface area contributed by atoms with Crippen LogP contribution < -0.4 is 19.5 Å². The monoisotopic (exact) mass is 456 g/mol. The molecule has 0 bridgehead atoms. The summed E-state index contributed by atoms with van der Waals surface area (Å²) in [5.41, 5.74) is 2.66. The highest BCUT2D eigenvalue weighted by atomic mass is 32.1. The number of thiazole rings is 1. The number of hydrogen-bond acceptors (Lipinski definition) is 8. The molecule has 3 rings (SSSR count). The SMILES string of the molecule is CCc1ccc(OCC(=O)OCC(=O)Nc2nc(-c3ccc(OC)c(OC)c3)cs2)cc1. The highest BCUT2D eigenvalue weighted by Crippen LogP contribution is 2.33. The van der Waals surface area contributed by atoms with Crippen molar-refractivity contribution in [3.63, 3.8) is 0 Å². The molecular formula is C23H24N2O6S. The van der Waals surface area contributed by atoms with Crippen molar-refractivity contribution in [2.45, 2.75) is 13.3 Å². The number of amides is 1. The number of ether oxygens (including phenoxy) is 4. The number of nitrogens with one attached hydrogen (secondary N) is 1. The van der Waals surface area contributed by atoms with Crippen LogP contribution in [0.1, 0.15) is 12.5 Å². The van der Waals surface area contributed by atoms with Crippen molar-refractivity contribution in [3.8, 4) is 28.5 Å². The van der Waals surface area contributed by atoms with E-state index in [2.05, 4.69) is 17.2 Å². The number of hydrogen-bond donors (Lipinski definition) is 1. The zero-order valence-corrected chi connectivity index (χ0v) is 18.9. The van der Waals surface area contributed by atoms with E-state index in [1.165, 1.54) is 16.9 Å². The van der Waals surface area contributed by atoms with Crippen LogP contribution in [0.4, 0.5) is 5.13 Å². The van der Waals surface area contributed by atoms with E-state index in [1.54, 1.807) is 43.9 Å². The third kappa shape index (κ3) is 6.21. The fourth-order valence-electron chi connectivity index (χ4n) is 2.77. The van der Waals surface area contributed by atoms with Gasteiger partial charge in [-0.05, 0) is 42.3 Å². The topological polar surface area (TPSA) is 96.0 Å². The molecule has 32 heavy (non-hydrogen) atoms. The highest BCUT2D eigenvalue weighted by Gasteiger charge is 2.13. The fraction of sp³-hybridized carbons (Fsp3) is 0.261. The molecule has 0 radical (unpaired) electrons. The van der Waals surface area contributed by atoms with Crippen LogP contribution in [0, 0.1) is 0 Å². The molecule has 0 fully saturated rings. The summed E-state index contributed by atoms with van der Waals surface area (Å²) in [6.07, 6.45) is 0.923. The lowest BCUT2D eigenvalue weighted by Crippen LogP contribution is -2.23. The molecule has 1 amide bonds. The molecule has 1 heterocycles. The highest BCUT2D eigenvalue weighted by molar-refractivity contribution is 7.14. The van der Waals surface area contributed by atoms with Crippen molar-refractivity contribution in [2.24, 2.45) is 0 Å². The molecule has 0 unspecified atom stereocenters. The van der Waals surface area contributed by atoms with E-state index >= 15 is 0 Å². The number of esters is 1. The Hall–Kier alpha value is -3.59. The van der Waals surface area contributed by atoms with Crippen molar-refractivity contribution < 1.29 is 28.5 Å². The lowest BCUT2D eigenvalue weighted by molar-refractivity contribution is -0.149. The molecule has 0 aliphatic heterocycles. The quantitative estimate of drug-likeness (QED) is 0.462. The molecule has 168 valence electrons. The van der Waals surface area contributed by atoms with Gasteiger partial charge in [-0.15, -0.1) is 11.3 Å². The van der Waals surface area contributed by atoms with E-state index in [4.69, 9.17) is 18.9 Å². The molecule has 2 aromatic carbocycles. The Morgan fingerprint density at radius 1 is 1.00 bits per heavy atom. The summed E-state index contributed by atoms with van der Waals surface area (Å²) in [6.45, 7) is 1.35. The first-order valence-electron chi connectivity index (χ1n) is 9.87. The molecule has 8 nitrogen and oxygen atoms in total. The second-order valence-corrected chi connectivity index (χ2v) is 7.46. The standard InChI is InChI=1S/C23H24N2O6S/c1-4-15-5-8-17(9-6-15)30-13-22(27)31-12-21(26)25-23-24-18(14-32-23)16-7-10-19(28-2)20(11-16)29-3/h5-11,14H,4,12-13H2,1-3H3,(H,24,25,26). The molecule has 1 aromatic heterocycles. The van der Waals surface area contributed by atoms with E-state index < -0.39 is 18.5 Å². The normalized spacial score (nSPS) is 10.3. The van der Waals surface area contributed by atoms with Gasteiger partial charge in [0.05, 0.1) is 19.9 Å². The number of benzene rings is 2. The summed E-state index contributed by atoms with van der Waals surface area (Å²) in [6, 6.07) is 12.9. The number of carbonyl (C=O) groups is 2. The minimum atomic E-state index is -0.634. The van der Waals surface area contributed by atoms with Gasteiger partial charge in [-0.2, -0.15) is 0 Å². The Balaban J connectivity index is 1.47. The Morgan fingerprint density at radius 2 is 1.75 bits per heavy atom. The van der Waals surface area contributed by atoms with Crippen LogP contribution in [0.5, 0.6) is 17.2 Å². The summed E-state index contributed by atoms with van der Waals surface area (Å²) in [5, 5.41) is 4.82. The first kappa shape index (κ1) is 23.1. The summed E-state index contributed by atoms with van der Waals surface area (Å²) in [7, 11) is 3.12. The van der Waals surface area contributed by atoms with Gasteiger partial charge in [0.2, 0.25) is 0 Å². The second kappa shape index (κ2) is 11.1. The van der Waals surface area contributed by atoms with Gasteiger partial charge in [-0.1, -0.05) is 19.1 Å². The van der Waals surface area contributed by atoms with Crippen LogP contribution in [0.25, 0.3) is 11.3 Å². The van der Waals surface area contributed by atoms with E-state index in [9.17, 15) is 9.59 Å². The molecule has 0 spiro atoms. The third-order valence-electron chi connectivity index (χ3n) is 4.48. The predicted molar refractivity (Wildman–Crippen MR) is 122 cm³/mol. The van der Waals surface area contributed by atoms with Crippen LogP contribution in [0.3, 0.4) is 0 Å². The van der Waals surface area contributed by atoms with Crippen LogP contribution in [0.2, 0.25) is 0 Å². The molecule has 1 N–H and O–H groups in total. The van der Waals surface area contributed by atoms with Gasteiger partial charge in [0.1, 0.15) is 5.75 Å². The van der Waals surface area contributed by atoms with Gasteiger partial charge in [0, 0.05) is 10.9 Å². The minimum absolute atomic E-state index is 0.278. The van der Waals surface area contributed by atoms with Crippen LogP contribution in [-0.2, 0) is 20.7 Å². The van der Waals surface area contributed by atoms with Gasteiger partial charge < -0.3 is 18.9 Å². The summed E-state index contributed by atoms with van der Waals surface area (Å²) >= 11 is 1.26. The first-order valence-corrected chi connectivity index (χ1v) is 10.8. The Morgan fingerprint density at radius 3 is 2.44 bits per heavy atom. The molecule has 0 saturated heterocycles. The molecule has 0 saturated carbocycles. The van der Waals surface area contributed by atoms with Gasteiger partial charge in [-0.3, -0.25) is 10.1 Å². The van der Waals surface area contributed by atoms with Crippen LogP contribution >= 0.6 is 11.3 Å². The summed E-state index contributed by atoms with van der Waals surface area (Å²) in [5.74, 6) is 0.639. The minimum Gasteiger partial charge on any atom is -0.493 e. The average Bonchev–Trinajstić information content (AvgIpc) is 3.29. The van der Waals surface area contributed by atoms with Crippen molar-refractivity contribution in [1.82, 2.24) is 4.98 Å². The number of aromatic nitrogens is 1. The van der Waals surface area contributed by atoms with Crippen LogP contribution in [0.15, 0.2) is 47.8 Å². The fourth-order valence-corrected chi connectivity index (χ4v) is 3.50. The number of methoxy groups -OCH3 is 2. The zero-order chi connectivity index (χ0) is 22.9. The number of anilines is 1. The van der Waals surface area contributed by atoms with Crippen molar-refractivity contribution in [2.75, 3.05) is 32.8 Å². The Bertz CT molecular complexity index is 1060. The maximum atomic E-state index is 12.1. The third-order valence-corrected chi connectivity index (χ3v) is 5.24. The number of aryl methyl sites for hydroxylation is 1. The van der Waals surface area contributed by atoms with E-state index in [1.807, 2.05) is 18.2 Å². The van der Waals surface area contributed by atoms with E-state index in [-0.39, 0.29) is 6.61 Å². The summed E-state index contributed by atoms with van der Waals surface area (Å²) in [4.78, 5) is 28.3. The smallest absolute Gasteiger partial charge is 0.344 e. The number of nitrogens with zero attached hydrogens (tertiary/aromatic N) is 1. The molecule has 0 aliphatic carbocycles. The summed E-state index contributed by atoms with van der Waals surface area (Å²) < 4.78 is 20.9. The van der Waals surface area contributed by atoms with Crippen molar-refractivity contribution in [3.05, 3.63) is 53.4 Å². The lowest BCUT2D eigenvalue weighted by Gasteiger charge is -2.08. The van der Waals surface area contributed by atoms with Crippen molar-refractivity contribution >= 4 is 28.3 Å². The van der Waals surface area contributed by atoms with Crippen molar-refractivity contribution in [1.29, 1.82) is 0 Å². The molecular weight excluding hydrogens is 432 g/mol. The lowest BCUT2D eigenvalue weighted by atomic mass is 10.1. The molecule has 9 heteroatoms. The number of rotatable bonds is 10. The molecule has 0 atom stereocenters. The van der Waals surface area contributed by atoms with E-state index in [0.29, 0.717) is 28.1 Å². The van der Waals surface area contributed by atoms with Gasteiger partial charge in [0.25, 0.3) is 5.91 Å². The number of carbonyl (C=O) groups excluding carboxylic acids is 2. The predicted octanol–water partition coefficient (Wildman–Crippen LogP) is 3.95. The Labute approximate surface area is 190 Å². The largest absolute Gasteiger partial charge is 0.493 e. The average molecular weight is 457 g/mol. The Kier molecular flexibility index (Phi) is 8.04. The molecule has 3 aromatic rings. The first-order chi connectivity index (χ1) is 15.5. The maximum absolute atomic E-state index is 12.1. The second-order valence-electron chi connectivity index (χ2n) is 6.60. The molecule has 0 aliphatic rings. The van der Waals surface area contributed by atoms with Gasteiger partial charge in [0.15, 0.2) is 29.8 Å². The zero-order valence-electron chi connectivity index (χ0n) is 18.0. The van der Waals surface area contributed by atoms with Crippen LogP contribution in [-0.4, -0.2) is 44.3 Å². The van der Waals surface area contributed by atoms with Gasteiger partial charge >= 0.3 is 5.97 Å². The van der Waals surface area contributed by atoms with E-state index in [0.717, 1.165) is 12.0 Å². The van der Waals surface area contributed by atoms with Gasteiger partial charge in [-0.25, -0.2) is 9.78 Å². The maximum Gasteiger partial charge on any atom is 0.344 e.